The number of piperidine rings is 1. The SMILES string of the molecule is CCC1CCN(C(=O)NCCC2CCCO2)C(C(=O)O)C1. The lowest BCUT2D eigenvalue weighted by atomic mass is 9.89. The summed E-state index contributed by atoms with van der Waals surface area (Å²) in [4.78, 5) is 25.0. The van der Waals surface area contributed by atoms with Crippen LogP contribution >= 0.6 is 0 Å². The molecule has 2 aliphatic heterocycles. The number of nitrogens with zero attached hydrogens (tertiary/aromatic N) is 1. The summed E-state index contributed by atoms with van der Waals surface area (Å²) in [5, 5.41) is 12.2. The molecule has 2 saturated heterocycles. The number of likely N-dealkylation sites (tertiary alicyclic amines) is 1. The van der Waals surface area contributed by atoms with Gasteiger partial charge in [-0.3, -0.25) is 0 Å². The molecule has 3 unspecified atom stereocenters. The quantitative estimate of drug-likeness (QED) is 0.811. The van der Waals surface area contributed by atoms with E-state index in [4.69, 9.17) is 4.74 Å². The van der Waals surface area contributed by atoms with E-state index in [2.05, 4.69) is 12.2 Å². The highest BCUT2D eigenvalue weighted by molar-refractivity contribution is 5.82. The molecule has 2 amide bonds. The average Bonchev–Trinajstić information content (AvgIpc) is 2.99. The zero-order valence-electron chi connectivity index (χ0n) is 12.7. The van der Waals surface area contributed by atoms with E-state index in [1.54, 1.807) is 0 Å². The van der Waals surface area contributed by atoms with Crippen molar-refractivity contribution in [2.75, 3.05) is 19.7 Å². The smallest absolute Gasteiger partial charge is 0.326 e. The zero-order valence-corrected chi connectivity index (χ0v) is 12.7. The van der Waals surface area contributed by atoms with E-state index in [1.165, 1.54) is 4.90 Å². The number of nitrogens with one attached hydrogen (secondary N) is 1. The molecule has 0 aromatic heterocycles. The maximum atomic E-state index is 12.2. The fraction of sp³-hybridized carbons (Fsp3) is 0.867. The van der Waals surface area contributed by atoms with Crippen LogP contribution in [0.3, 0.4) is 0 Å². The lowest BCUT2D eigenvalue weighted by molar-refractivity contribution is -0.144. The maximum absolute atomic E-state index is 12.2. The van der Waals surface area contributed by atoms with Gasteiger partial charge in [-0.2, -0.15) is 0 Å². The number of amides is 2. The number of hydrogen-bond donors (Lipinski definition) is 2. The minimum absolute atomic E-state index is 0.242. The molecular weight excluding hydrogens is 272 g/mol. The van der Waals surface area contributed by atoms with E-state index in [-0.39, 0.29) is 12.1 Å². The van der Waals surface area contributed by atoms with Gasteiger partial charge in [0.25, 0.3) is 0 Å². The number of rotatable bonds is 5. The predicted molar refractivity (Wildman–Crippen MR) is 78.1 cm³/mol. The third-order valence-electron chi connectivity index (χ3n) is 4.60. The van der Waals surface area contributed by atoms with Crippen molar-refractivity contribution in [3.63, 3.8) is 0 Å². The molecule has 2 rings (SSSR count). The Morgan fingerprint density at radius 1 is 1.38 bits per heavy atom. The van der Waals surface area contributed by atoms with Gasteiger partial charge < -0.3 is 20.1 Å². The van der Waals surface area contributed by atoms with Gasteiger partial charge in [-0.1, -0.05) is 13.3 Å². The highest BCUT2D eigenvalue weighted by Crippen LogP contribution is 2.25. The summed E-state index contributed by atoms with van der Waals surface area (Å²) < 4.78 is 5.51. The predicted octanol–water partition coefficient (Wildman–Crippen LogP) is 1.84. The van der Waals surface area contributed by atoms with Gasteiger partial charge in [0.15, 0.2) is 0 Å². The molecule has 21 heavy (non-hydrogen) atoms. The molecule has 2 N–H and O–H groups in total. The Morgan fingerprint density at radius 3 is 2.81 bits per heavy atom. The monoisotopic (exact) mass is 298 g/mol. The van der Waals surface area contributed by atoms with Crippen LogP contribution in [0.1, 0.15) is 45.4 Å². The van der Waals surface area contributed by atoms with Gasteiger partial charge in [0.1, 0.15) is 6.04 Å². The van der Waals surface area contributed by atoms with E-state index < -0.39 is 12.0 Å². The van der Waals surface area contributed by atoms with E-state index in [0.29, 0.717) is 25.4 Å². The lowest BCUT2D eigenvalue weighted by Crippen LogP contribution is -2.53. The van der Waals surface area contributed by atoms with Crippen molar-refractivity contribution in [3.05, 3.63) is 0 Å². The first-order chi connectivity index (χ1) is 10.1. The van der Waals surface area contributed by atoms with Crippen molar-refractivity contribution in [2.24, 2.45) is 5.92 Å². The summed E-state index contributed by atoms with van der Waals surface area (Å²) in [6, 6.07) is -0.943. The molecule has 0 aliphatic carbocycles. The van der Waals surface area contributed by atoms with Crippen LogP contribution in [0, 0.1) is 5.92 Å². The number of carboxylic acids is 1. The van der Waals surface area contributed by atoms with Crippen LogP contribution in [0.5, 0.6) is 0 Å². The van der Waals surface area contributed by atoms with Crippen molar-refractivity contribution >= 4 is 12.0 Å². The van der Waals surface area contributed by atoms with Crippen molar-refractivity contribution in [1.82, 2.24) is 10.2 Å². The lowest BCUT2D eigenvalue weighted by Gasteiger charge is -2.36. The summed E-state index contributed by atoms with van der Waals surface area (Å²) in [6.07, 6.45) is 5.60. The first kappa shape index (κ1) is 16.1. The van der Waals surface area contributed by atoms with Crippen molar-refractivity contribution in [2.45, 2.75) is 57.6 Å². The summed E-state index contributed by atoms with van der Waals surface area (Å²) in [5.74, 6) is -0.496. The van der Waals surface area contributed by atoms with Crippen LogP contribution in [0.2, 0.25) is 0 Å². The molecule has 6 nitrogen and oxygen atoms in total. The number of ether oxygens (including phenoxy) is 1. The minimum Gasteiger partial charge on any atom is -0.480 e. The van der Waals surface area contributed by atoms with Crippen LogP contribution in [-0.4, -0.2) is 53.8 Å². The van der Waals surface area contributed by atoms with Gasteiger partial charge >= 0.3 is 12.0 Å². The zero-order chi connectivity index (χ0) is 15.2. The van der Waals surface area contributed by atoms with Crippen molar-refractivity contribution in [3.8, 4) is 0 Å². The van der Waals surface area contributed by atoms with Crippen LogP contribution in [0.4, 0.5) is 4.79 Å². The van der Waals surface area contributed by atoms with Gasteiger partial charge in [-0.05, 0) is 38.0 Å². The van der Waals surface area contributed by atoms with E-state index in [0.717, 1.165) is 38.7 Å². The molecule has 0 saturated carbocycles. The Balaban J connectivity index is 1.80. The second-order valence-electron chi connectivity index (χ2n) is 6.00. The Bertz CT molecular complexity index is 369. The molecule has 0 radical (unpaired) electrons. The highest BCUT2D eigenvalue weighted by atomic mass is 16.5. The number of carboxylic acid groups (broad SMARTS) is 1. The van der Waals surface area contributed by atoms with Gasteiger partial charge in [0.05, 0.1) is 6.10 Å². The number of carbonyl (C=O) groups excluding carboxylic acids is 1. The molecule has 2 heterocycles. The second kappa shape index (κ2) is 7.64. The average molecular weight is 298 g/mol. The number of carbonyl (C=O) groups is 2. The summed E-state index contributed by atoms with van der Waals surface area (Å²) in [5.41, 5.74) is 0. The molecule has 2 fully saturated rings. The maximum Gasteiger partial charge on any atom is 0.326 e. The van der Waals surface area contributed by atoms with E-state index in [9.17, 15) is 14.7 Å². The third-order valence-corrected chi connectivity index (χ3v) is 4.60. The fourth-order valence-electron chi connectivity index (χ4n) is 3.20. The Labute approximate surface area is 125 Å². The molecule has 0 aromatic carbocycles. The molecule has 120 valence electrons. The standard InChI is InChI=1S/C15H26N2O4/c1-2-11-6-8-17(13(10-11)14(18)19)15(20)16-7-5-12-4-3-9-21-12/h11-13H,2-10H2,1H3,(H,16,20)(H,18,19). The molecule has 6 heteroatoms. The molecule has 3 atom stereocenters. The Morgan fingerprint density at radius 2 is 2.19 bits per heavy atom. The summed E-state index contributed by atoms with van der Waals surface area (Å²) in [6.45, 7) is 3.95. The fourth-order valence-corrected chi connectivity index (χ4v) is 3.20. The van der Waals surface area contributed by atoms with Gasteiger partial charge in [0.2, 0.25) is 0 Å². The molecule has 0 bridgehead atoms. The molecule has 0 aromatic rings. The number of hydrogen-bond acceptors (Lipinski definition) is 3. The van der Waals surface area contributed by atoms with Crippen molar-refractivity contribution in [1.29, 1.82) is 0 Å². The molecular formula is C15H26N2O4. The topological polar surface area (TPSA) is 78.9 Å². The van der Waals surface area contributed by atoms with Crippen LogP contribution in [-0.2, 0) is 9.53 Å². The number of urea groups is 1. The van der Waals surface area contributed by atoms with Crippen LogP contribution in [0.15, 0.2) is 0 Å². The third kappa shape index (κ3) is 4.33. The van der Waals surface area contributed by atoms with Gasteiger partial charge in [-0.25, -0.2) is 9.59 Å². The van der Waals surface area contributed by atoms with Gasteiger partial charge in [-0.15, -0.1) is 0 Å². The second-order valence-corrected chi connectivity index (χ2v) is 6.00. The normalized spacial score (nSPS) is 29.4. The molecule has 0 spiro atoms. The molecule has 2 aliphatic rings. The van der Waals surface area contributed by atoms with Gasteiger partial charge in [0, 0.05) is 19.7 Å². The first-order valence-electron chi connectivity index (χ1n) is 8.00. The van der Waals surface area contributed by atoms with E-state index in [1.807, 2.05) is 0 Å². The minimum atomic E-state index is -0.901. The van der Waals surface area contributed by atoms with Crippen LogP contribution < -0.4 is 5.32 Å². The van der Waals surface area contributed by atoms with Crippen molar-refractivity contribution < 1.29 is 19.4 Å². The van der Waals surface area contributed by atoms with Crippen LogP contribution in [0.25, 0.3) is 0 Å². The summed E-state index contributed by atoms with van der Waals surface area (Å²) >= 11 is 0. The first-order valence-corrected chi connectivity index (χ1v) is 8.00. The Kier molecular flexibility index (Phi) is 5.85. The highest BCUT2D eigenvalue weighted by Gasteiger charge is 2.35. The number of aliphatic carboxylic acids is 1. The summed E-state index contributed by atoms with van der Waals surface area (Å²) in [7, 11) is 0. The largest absolute Gasteiger partial charge is 0.480 e. The van der Waals surface area contributed by atoms with E-state index >= 15 is 0 Å². The Hall–Kier alpha value is -1.30.